The van der Waals surface area contributed by atoms with Gasteiger partial charge in [-0.1, -0.05) is 6.07 Å². The van der Waals surface area contributed by atoms with Crippen LogP contribution in [0.15, 0.2) is 42.6 Å². The molecule has 2 aromatic rings. The number of likely N-dealkylation sites (N-methyl/N-ethyl adjacent to an activating group) is 1. The molecule has 0 unspecified atom stereocenters. The molecule has 0 amide bonds. The predicted molar refractivity (Wildman–Crippen MR) is 146 cm³/mol. The molecule has 1 aromatic carbocycles. The number of benzene rings is 1. The fraction of sp³-hybridized carbons (Fsp3) is 0.621. The zero-order valence-electron chi connectivity index (χ0n) is 21.7. The minimum atomic E-state index is -0.147. The quantitative estimate of drug-likeness (QED) is 0.628. The molecule has 5 heterocycles. The third-order valence-corrected chi connectivity index (χ3v) is 9.06. The number of hydrogen-bond donors (Lipinski definition) is 0. The number of halogens is 1. The molecular formula is C29H41FN6. The van der Waals surface area contributed by atoms with E-state index in [4.69, 9.17) is 4.98 Å². The molecule has 0 N–H and O–H groups in total. The van der Waals surface area contributed by atoms with E-state index >= 15 is 0 Å². The number of piperidine rings is 2. The Morgan fingerprint density at radius 2 is 1.61 bits per heavy atom. The fourth-order valence-corrected chi connectivity index (χ4v) is 6.98. The monoisotopic (exact) mass is 492 g/mol. The molecule has 2 atom stereocenters. The number of nitrogens with zero attached hydrogens (tertiary/aromatic N) is 6. The lowest BCUT2D eigenvalue weighted by atomic mass is 9.95. The Morgan fingerprint density at radius 3 is 2.42 bits per heavy atom. The maximum absolute atomic E-state index is 13.9. The van der Waals surface area contributed by atoms with Gasteiger partial charge in [-0.25, -0.2) is 9.37 Å². The van der Waals surface area contributed by atoms with Crippen molar-refractivity contribution in [2.75, 3.05) is 80.7 Å². The third-order valence-electron chi connectivity index (χ3n) is 9.06. The van der Waals surface area contributed by atoms with Crippen molar-refractivity contribution in [1.82, 2.24) is 14.8 Å². The highest BCUT2D eigenvalue weighted by atomic mass is 19.1. The summed E-state index contributed by atoms with van der Waals surface area (Å²) in [5, 5.41) is 0. The molecule has 6 nitrogen and oxygen atoms in total. The molecule has 4 fully saturated rings. The first-order valence-electron chi connectivity index (χ1n) is 14.0. The van der Waals surface area contributed by atoms with Gasteiger partial charge in [0.25, 0.3) is 0 Å². The fourth-order valence-electron chi connectivity index (χ4n) is 6.98. The average molecular weight is 493 g/mol. The smallest absolute Gasteiger partial charge is 0.130 e. The van der Waals surface area contributed by atoms with E-state index < -0.39 is 0 Å². The summed E-state index contributed by atoms with van der Waals surface area (Å²) in [6, 6.07) is 12.5. The highest BCUT2D eigenvalue weighted by Gasteiger charge is 2.41. The van der Waals surface area contributed by atoms with Crippen molar-refractivity contribution < 1.29 is 4.39 Å². The van der Waals surface area contributed by atoms with E-state index in [-0.39, 0.29) is 5.82 Å². The number of pyridine rings is 1. The second kappa shape index (κ2) is 10.5. The molecule has 36 heavy (non-hydrogen) atoms. The molecule has 6 rings (SSSR count). The first-order chi connectivity index (χ1) is 17.6. The molecule has 4 aliphatic rings. The maximum Gasteiger partial charge on any atom is 0.130 e. The van der Waals surface area contributed by atoms with E-state index in [1.165, 1.54) is 63.7 Å². The van der Waals surface area contributed by atoms with E-state index in [0.29, 0.717) is 12.1 Å². The van der Waals surface area contributed by atoms with Crippen LogP contribution in [0.1, 0.15) is 32.1 Å². The third kappa shape index (κ3) is 5.05. The summed E-state index contributed by atoms with van der Waals surface area (Å²) in [6.45, 7) is 10.4. The largest absolute Gasteiger partial charge is 0.371 e. The summed E-state index contributed by atoms with van der Waals surface area (Å²) >= 11 is 0. The molecule has 0 aliphatic carbocycles. The number of aromatic nitrogens is 1. The van der Waals surface area contributed by atoms with Crippen LogP contribution in [0.4, 0.5) is 21.6 Å². The maximum atomic E-state index is 13.9. The molecule has 4 aliphatic heterocycles. The van der Waals surface area contributed by atoms with E-state index in [1.807, 2.05) is 12.3 Å². The standard InChI is InChI=1S/C29H41FN6/c1-32-16-18-33(19-17-32)22-23-8-13-34(14-9-23)25-7-11-31-29(21-25)36-15-10-28-27(36)6-3-12-35(28)26-5-2-4-24(30)20-26/h2,4-5,7,11,20-21,23,27-28H,3,6,8-10,12-19,22H2,1H3/t27-,28-/m1/s1. The summed E-state index contributed by atoms with van der Waals surface area (Å²) in [4.78, 5) is 17.5. The van der Waals surface area contributed by atoms with E-state index in [9.17, 15) is 4.39 Å². The SMILES string of the molecule is CN1CCN(CC2CCN(c3ccnc(N4CC[C@@H]5[C@H]4CCCN5c4cccc(F)c4)c3)CC2)CC1. The molecular weight excluding hydrogens is 451 g/mol. The van der Waals surface area contributed by atoms with Crippen molar-refractivity contribution in [2.45, 2.75) is 44.2 Å². The number of anilines is 3. The molecule has 0 radical (unpaired) electrons. The van der Waals surface area contributed by atoms with Crippen LogP contribution in [-0.4, -0.2) is 92.8 Å². The van der Waals surface area contributed by atoms with Gasteiger partial charge in [0.15, 0.2) is 0 Å². The minimum absolute atomic E-state index is 0.147. The first kappa shape index (κ1) is 24.0. The van der Waals surface area contributed by atoms with Gasteiger partial charge in [-0.15, -0.1) is 0 Å². The van der Waals surface area contributed by atoms with Crippen molar-refractivity contribution in [1.29, 1.82) is 0 Å². The highest BCUT2D eigenvalue weighted by molar-refractivity contribution is 5.58. The molecule has 0 bridgehead atoms. The first-order valence-corrected chi connectivity index (χ1v) is 14.0. The zero-order valence-corrected chi connectivity index (χ0v) is 21.7. The van der Waals surface area contributed by atoms with Crippen molar-refractivity contribution in [3.05, 3.63) is 48.4 Å². The van der Waals surface area contributed by atoms with E-state index in [0.717, 1.165) is 56.4 Å². The molecule has 0 saturated carbocycles. The summed E-state index contributed by atoms with van der Waals surface area (Å²) in [7, 11) is 2.23. The lowest BCUT2D eigenvalue weighted by molar-refractivity contribution is 0.129. The van der Waals surface area contributed by atoms with Crippen LogP contribution in [-0.2, 0) is 0 Å². The van der Waals surface area contributed by atoms with Crippen LogP contribution in [0.2, 0.25) is 0 Å². The van der Waals surface area contributed by atoms with Gasteiger partial charge in [0.1, 0.15) is 11.6 Å². The van der Waals surface area contributed by atoms with Crippen LogP contribution in [0, 0.1) is 11.7 Å². The van der Waals surface area contributed by atoms with Gasteiger partial charge in [0, 0.05) is 82.5 Å². The molecule has 194 valence electrons. The molecule has 0 spiro atoms. The Bertz CT molecular complexity index is 1020. The molecule has 1 aromatic heterocycles. The van der Waals surface area contributed by atoms with Gasteiger partial charge < -0.3 is 24.5 Å². The lowest BCUT2D eigenvalue weighted by Crippen LogP contribution is -2.50. The van der Waals surface area contributed by atoms with Gasteiger partial charge in [-0.05, 0) is 69.3 Å². The second-order valence-corrected chi connectivity index (χ2v) is 11.3. The number of fused-ring (bicyclic) bond motifs is 1. The Hall–Kier alpha value is -2.38. The Labute approximate surface area is 215 Å². The van der Waals surface area contributed by atoms with Crippen molar-refractivity contribution >= 4 is 17.2 Å². The zero-order chi connectivity index (χ0) is 24.5. The van der Waals surface area contributed by atoms with Gasteiger partial charge in [0.05, 0.1) is 12.1 Å². The van der Waals surface area contributed by atoms with E-state index in [2.05, 4.69) is 49.7 Å². The normalized spacial score (nSPS) is 26.4. The van der Waals surface area contributed by atoms with Crippen molar-refractivity contribution in [3.8, 4) is 0 Å². The topological polar surface area (TPSA) is 29.1 Å². The van der Waals surface area contributed by atoms with Crippen molar-refractivity contribution in [3.63, 3.8) is 0 Å². The van der Waals surface area contributed by atoms with Gasteiger partial charge in [0.2, 0.25) is 0 Å². The van der Waals surface area contributed by atoms with E-state index in [1.54, 1.807) is 6.07 Å². The van der Waals surface area contributed by atoms with Gasteiger partial charge in [-0.3, -0.25) is 0 Å². The summed E-state index contributed by atoms with van der Waals surface area (Å²) in [5.74, 6) is 1.79. The highest BCUT2D eigenvalue weighted by Crippen LogP contribution is 2.37. The second-order valence-electron chi connectivity index (χ2n) is 11.3. The molecule has 4 saturated heterocycles. The Morgan fingerprint density at radius 1 is 0.806 bits per heavy atom. The van der Waals surface area contributed by atoms with Crippen LogP contribution >= 0.6 is 0 Å². The number of piperazine rings is 1. The summed E-state index contributed by atoms with van der Waals surface area (Å²) in [6.07, 6.45) is 7.98. The lowest BCUT2D eigenvalue weighted by Gasteiger charge is -2.42. The van der Waals surface area contributed by atoms with Crippen LogP contribution < -0.4 is 14.7 Å². The van der Waals surface area contributed by atoms with Crippen LogP contribution in [0.3, 0.4) is 0 Å². The Balaban J connectivity index is 1.09. The number of rotatable bonds is 5. The van der Waals surface area contributed by atoms with Crippen molar-refractivity contribution in [2.24, 2.45) is 5.92 Å². The minimum Gasteiger partial charge on any atom is -0.371 e. The summed E-state index contributed by atoms with van der Waals surface area (Å²) in [5.41, 5.74) is 2.34. The predicted octanol–water partition coefficient (Wildman–Crippen LogP) is 3.93. The number of hydrogen-bond acceptors (Lipinski definition) is 6. The van der Waals surface area contributed by atoms with Crippen LogP contribution in [0.25, 0.3) is 0 Å². The average Bonchev–Trinajstić information content (AvgIpc) is 3.35. The van der Waals surface area contributed by atoms with Gasteiger partial charge >= 0.3 is 0 Å². The summed E-state index contributed by atoms with van der Waals surface area (Å²) < 4.78 is 13.9. The van der Waals surface area contributed by atoms with Gasteiger partial charge in [-0.2, -0.15) is 0 Å². The van der Waals surface area contributed by atoms with Crippen LogP contribution in [0.5, 0.6) is 0 Å². The Kier molecular flexibility index (Phi) is 7.02. The molecule has 7 heteroatoms.